The summed E-state index contributed by atoms with van der Waals surface area (Å²) in [6.07, 6.45) is 5.28. The third kappa shape index (κ3) is 4.87. The monoisotopic (exact) mass is 310 g/mol. The smallest absolute Gasteiger partial charge is 0.124 e. The largest absolute Gasteiger partial charge is 0.496 e. The molecule has 0 saturated carbocycles. The lowest BCUT2D eigenvalue weighted by molar-refractivity contribution is 0.159. The number of ether oxygens (including phenoxy) is 1. The Bertz CT molecular complexity index is 439. The Hall–Kier alpha value is -0.770. The minimum absolute atomic E-state index is 0.752. The SMILES string of the molecule is COc1cccc(Cl)c1CNCCCN1CCCCC1C. The summed E-state index contributed by atoms with van der Waals surface area (Å²) in [6.45, 7) is 6.57. The Morgan fingerprint density at radius 3 is 3.00 bits per heavy atom. The highest BCUT2D eigenvalue weighted by atomic mass is 35.5. The van der Waals surface area contributed by atoms with Gasteiger partial charge in [0, 0.05) is 23.2 Å². The van der Waals surface area contributed by atoms with Gasteiger partial charge in [-0.3, -0.25) is 0 Å². The van der Waals surface area contributed by atoms with Gasteiger partial charge in [0.1, 0.15) is 5.75 Å². The highest BCUT2D eigenvalue weighted by Gasteiger charge is 2.17. The molecule has 1 aromatic rings. The number of nitrogens with one attached hydrogen (secondary N) is 1. The first kappa shape index (κ1) is 16.6. The van der Waals surface area contributed by atoms with Crippen LogP contribution in [0, 0.1) is 0 Å². The number of methoxy groups -OCH3 is 1. The number of hydrogen-bond donors (Lipinski definition) is 1. The molecule has 1 unspecified atom stereocenters. The van der Waals surface area contributed by atoms with Gasteiger partial charge in [-0.15, -0.1) is 0 Å². The number of halogens is 1. The van der Waals surface area contributed by atoms with Crippen molar-refractivity contribution >= 4 is 11.6 Å². The van der Waals surface area contributed by atoms with E-state index in [1.165, 1.54) is 38.8 Å². The van der Waals surface area contributed by atoms with Gasteiger partial charge in [0.05, 0.1) is 7.11 Å². The van der Waals surface area contributed by atoms with Crippen molar-refractivity contribution in [1.82, 2.24) is 10.2 Å². The van der Waals surface area contributed by atoms with Crippen LogP contribution in [0.2, 0.25) is 5.02 Å². The molecule has 0 bridgehead atoms. The summed E-state index contributed by atoms with van der Waals surface area (Å²) >= 11 is 6.23. The van der Waals surface area contributed by atoms with Crippen LogP contribution < -0.4 is 10.1 Å². The lowest BCUT2D eigenvalue weighted by Gasteiger charge is -2.33. The van der Waals surface area contributed by atoms with Crippen molar-refractivity contribution in [2.75, 3.05) is 26.7 Å². The van der Waals surface area contributed by atoms with E-state index in [2.05, 4.69) is 17.1 Å². The quantitative estimate of drug-likeness (QED) is 0.777. The van der Waals surface area contributed by atoms with Gasteiger partial charge in [0.2, 0.25) is 0 Å². The molecule has 0 radical (unpaired) electrons. The van der Waals surface area contributed by atoms with Crippen molar-refractivity contribution in [2.45, 2.75) is 45.2 Å². The summed E-state index contributed by atoms with van der Waals surface area (Å²) in [5.41, 5.74) is 1.05. The van der Waals surface area contributed by atoms with Crippen molar-refractivity contribution in [3.05, 3.63) is 28.8 Å². The zero-order valence-corrected chi connectivity index (χ0v) is 14.0. The van der Waals surface area contributed by atoms with Gasteiger partial charge < -0.3 is 15.0 Å². The Kier molecular flexibility index (Phi) is 6.81. The van der Waals surface area contributed by atoms with Crippen LogP contribution >= 0.6 is 11.6 Å². The predicted octanol–water partition coefficient (Wildman–Crippen LogP) is 3.70. The second-order valence-corrected chi connectivity index (χ2v) is 6.24. The average molecular weight is 311 g/mol. The molecule has 1 aliphatic rings. The van der Waals surface area contributed by atoms with Gasteiger partial charge in [0.15, 0.2) is 0 Å². The lowest BCUT2D eigenvalue weighted by atomic mass is 10.0. The molecule has 1 saturated heterocycles. The molecule has 0 amide bonds. The average Bonchev–Trinajstić information content (AvgIpc) is 2.50. The Morgan fingerprint density at radius 2 is 2.24 bits per heavy atom. The Balaban J connectivity index is 1.70. The van der Waals surface area contributed by atoms with Crippen molar-refractivity contribution < 1.29 is 4.74 Å². The number of likely N-dealkylation sites (tertiary alicyclic amines) is 1. The zero-order valence-electron chi connectivity index (χ0n) is 13.2. The third-order valence-corrected chi connectivity index (χ3v) is 4.69. The first-order chi connectivity index (χ1) is 10.2. The number of benzene rings is 1. The predicted molar refractivity (Wildman–Crippen MR) is 89.2 cm³/mol. The minimum atomic E-state index is 0.752. The molecule has 3 nitrogen and oxygen atoms in total. The second-order valence-electron chi connectivity index (χ2n) is 5.83. The lowest BCUT2D eigenvalue weighted by Crippen LogP contribution is -2.38. The fourth-order valence-electron chi connectivity index (χ4n) is 3.01. The van der Waals surface area contributed by atoms with Crippen LogP contribution in [0.15, 0.2) is 18.2 Å². The standard InChI is InChI=1S/C17H27ClN2O/c1-14-7-3-4-11-20(14)12-6-10-19-13-15-16(18)8-5-9-17(15)21-2/h5,8-9,14,19H,3-4,6-7,10-13H2,1-2H3. The molecule has 4 heteroatoms. The number of piperidine rings is 1. The maximum atomic E-state index is 6.23. The highest BCUT2D eigenvalue weighted by molar-refractivity contribution is 6.31. The summed E-state index contributed by atoms with van der Waals surface area (Å²) in [5, 5.41) is 4.25. The van der Waals surface area contributed by atoms with Crippen molar-refractivity contribution in [3.63, 3.8) is 0 Å². The Labute approximate surface area is 133 Å². The molecular weight excluding hydrogens is 284 g/mol. The van der Waals surface area contributed by atoms with Crippen LogP contribution in [0.1, 0.15) is 38.2 Å². The topological polar surface area (TPSA) is 24.5 Å². The number of rotatable bonds is 7. The molecule has 1 heterocycles. The van der Waals surface area contributed by atoms with E-state index in [-0.39, 0.29) is 0 Å². The molecule has 0 spiro atoms. The van der Waals surface area contributed by atoms with Gasteiger partial charge >= 0.3 is 0 Å². The Morgan fingerprint density at radius 1 is 1.38 bits per heavy atom. The summed E-state index contributed by atoms with van der Waals surface area (Å²) in [4.78, 5) is 2.61. The molecule has 1 fully saturated rings. The van der Waals surface area contributed by atoms with E-state index in [4.69, 9.17) is 16.3 Å². The van der Waals surface area contributed by atoms with E-state index >= 15 is 0 Å². The van der Waals surface area contributed by atoms with Crippen LogP contribution in [0.3, 0.4) is 0 Å². The molecule has 21 heavy (non-hydrogen) atoms. The van der Waals surface area contributed by atoms with E-state index in [0.717, 1.165) is 35.5 Å². The van der Waals surface area contributed by atoms with Crippen LogP contribution in [-0.2, 0) is 6.54 Å². The van der Waals surface area contributed by atoms with Crippen molar-refractivity contribution in [2.24, 2.45) is 0 Å². The van der Waals surface area contributed by atoms with E-state index in [1.807, 2.05) is 18.2 Å². The maximum Gasteiger partial charge on any atom is 0.124 e. The van der Waals surface area contributed by atoms with Gasteiger partial charge in [-0.2, -0.15) is 0 Å². The molecule has 2 rings (SSSR count). The van der Waals surface area contributed by atoms with E-state index < -0.39 is 0 Å². The molecule has 0 aromatic heterocycles. The normalized spacial score (nSPS) is 19.7. The number of hydrogen-bond acceptors (Lipinski definition) is 3. The van der Waals surface area contributed by atoms with E-state index in [1.54, 1.807) is 7.11 Å². The van der Waals surface area contributed by atoms with Crippen LogP contribution in [0.5, 0.6) is 5.75 Å². The van der Waals surface area contributed by atoms with Crippen LogP contribution in [-0.4, -0.2) is 37.7 Å². The first-order valence-corrected chi connectivity index (χ1v) is 8.36. The summed E-state index contributed by atoms with van der Waals surface area (Å²) in [5.74, 6) is 0.861. The summed E-state index contributed by atoms with van der Waals surface area (Å²) < 4.78 is 5.36. The highest BCUT2D eigenvalue weighted by Crippen LogP contribution is 2.25. The van der Waals surface area contributed by atoms with Crippen molar-refractivity contribution in [3.8, 4) is 5.75 Å². The molecule has 1 N–H and O–H groups in total. The summed E-state index contributed by atoms with van der Waals surface area (Å²) in [6, 6.07) is 6.54. The molecule has 1 aliphatic heterocycles. The zero-order chi connectivity index (χ0) is 15.1. The van der Waals surface area contributed by atoms with E-state index in [0.29, 0.717) is 0 Å². The fraction of sp³-hybridized carbons (Fsp3) is 0.647. The molecule has 118 valence electrons. The van der Waals surface area contributed by atoms with Crippen LogP contribution in [0.25, 0.3) is 0 Å². The van der Waals surface area contributed by atoms with Gasteiger partial charge in [-0.25, -0.2) is 0 Å². The first-order valence-electron chi connectivity index (χ1n) is 7.98. The van der Waals surface area contributed by atoms with Crippen molar-refractivity contribution in [1.29, 1.82) is 0 Å². The third-order valence-electron chi connectivity index (χ3n) is 4.34. The molecule has 0 aliphatic carbocycles. The van der Waals surface area contributed by atoms with Gasteiger partial charge in [-0.1, -0.05) is 24.1 Å². The number of nitrogens with zero attached hydrogens (tertiary/aromatic N) is 1. The molecule has 1 atom stereocenters. The minimum Gasteiger partial charge on any atom is -0.496 e. The van der Waals surface area contributed by atoms with Crippen LogP contribution in [0.4, 0.5) is 0 Å². The van der Waals surface area contributed by atoms with Gasteiger partial charge in [-0.05, 0) is 58.0 Å². The fourth-order valence-corrected chi connectivity index (χ4v) is 3.24. The van der Waals surface area contributed by atoms with Gasteiger partial charge in [0.25, 0.3) is 0 Å². The van der Waals surface area contributed by atoms with E-state index in [9.17, 15) is 0 Å². The molecule has 1 aromatic carbocycles. The molecular formula is C17H27ClN2O. The maximum absolute atomic E-state index is 6.23. The summed E-state index contributed by atoms with van der Waals surface area (Å²) in [7, 11) is 1.69. The second kappa shape index (κ2) is 8.62.